The Morgan fingerprint density at radius 3 is 2.70 bits per heavy atom. The average Bonchev–Trinajstić information content (AvgIpc) is 3.55. The van der Waals surface area contributed by atoms with Gasteiger partial charge in [-0.25, -0.2) is 9.50 Å². The fraction of sp³-hybridized carbons (Fsp3) is 0.500. The molecule has 1 amide bonds. The Balaban J connectivity index is 1.37. The summed E-state index contributed by atoms with van der Waals surface area (Å²) in [5.41, 5.74) is 6.03. The van der Waals surface area contributed by atoms with E-state index in [-0.39, 0.29) is 11.9 Å². The number of carbonyl (C=O) groups is 1. The Hall–Kier alpha value is -2.93. The van der Waals surface area contributed by atoms with Crippen LogP contribution in [0.1, 0.15) is 66.4 Å². The zero-order valence-electron chi connectivity index (χ0n) is 19.6. The molecule has 33 heavy (non-hydrogen) atoms. The minimum atomic E-state index is 0.214. The molecule has 5 rings (SSSR count). The number of fused-ring (bicyclic) bond motifs is 1. The molecule has 1 N–H and O–H groups in total. The van der Waals surface area contributed by atoms with Crippen molar-refractivity contribution in [2.24, 2.45) is 0 Å². The number of aromatic hydroxyl groups is 1. The normalized spacial score (nSPS) is 19.1. The molecule has 174 valence electrons. The van der Waals surface area contributed by atoms with E-state index in [0.29, 0.717) is 25.1 Å². The standard InChI is InChI=1S/C26H33N5O2/c1-18-21(11-12-26(33)29-13-5-6-14-29)19(2)31-25(27-18)16-22(28-31)23-9-7-15-30(23)17-20-8-3-4-10-24(20)32/h3-4,8,10,16,23,32H,5-7,9,11-15,17H2,1-2H3/t23-/m1/s1. The van der Waals surface area contributed by atoms with Gasteiger partial charge in [-0.1, -0.05) is 18.2 Å². The fourth-order valence-corrected chi connectivity index (χ4v) is 5.44. The average molecular weight is 448 g/mol. The number of rotatable bonds is 6. The SMILES string of the molecule is Cc1nc2cc([C@H]3CCCN3Cc3ccccc3O)nn2c(C)c1CCC(=O)N1CCCC1. The number of benzene rings is 1. The van der Waals surface area contributed by atoms with E-state index in [1.165, 1.54) is 0 Å². The summed E-state index contributed by atoms with van der Waals surface area (Å²) in [4.78, 5) is 21.8. The first-order valence-corrected chi connectivity index (χ1v) is 12.2. The number of phenols is 1. The quantitative estimate of drug-likeness (QED) is 0.620. The first-order valence-electron chi connectivity index (χ1n) is 12.2. The maximum atomic E-state index is 12.6. The van der Waals surface area contributed by atoms with Crippen LogP contribution >= 0.6 is 0 Å². The van der Waals surface area contributed by atoms with E-state index in [1.807, 2.05) is 34.5 Å². The van der Waals surface area contributed by atoms with E-state index in [1.54, 1.807) is 6.07 Å². The number of hydrogen-bond acceptors (Lipinski definition) is 5. The van der Waals surface area contributed by atoms with E-state index in [9.17, 15) is 9.90 Å². The second-order valence-electron chi connectivity index (χ2n) is 9.45. The Morgan fingerprint density at radius 1 is 1.12 bits per heavy atom. The largest absolute Gasteiger partial charge is 0.508 e. The van der Waals surface area contributed by atoms with Gasteiger partial charge >= 0.3 is 0 Å². The molecule has 0 spiro atoms. The molecular formula is C26H33N5O2. The molecule has 7 nitrogen and oxygen atoms in total. The molecule has 2 aromatic heterocycles. The zero-order valence-corrected chi connectivity index (χ0v) is 19.6. The van der Waals surface area contributed by atoms with E-state index >= 15 is 0 Å². The van der Waals surface area contributed by atoms with Crippen molar-refractivity contribution in [2.45, 2.75) is 65.0 Å². The van der Waals surface area contributed by atoms with Gasteiger partial charge in [0.2, 0.25) is 5.91 Å². The summed E-state index contributed by atoms with van der Waals surface area (Å²) in [7, 11) is 0. The monoisotopic (exact) mass is 447 g/mol. The Labute approximate surface area is 195 Å². The number of hydrogen-bond donors (Lipinski definition) is 1. The number of nitrogens with zero attached hydrogens (tertiary/aromatic N) is 5. The summed E-state index contributed by atoms with van der Waals surface area (Å²) in [6.07, 6.45) is 5.63. The molecule has 0 radical (unpaired) electrons. The summed E-state index contributed by atoms with van der Waals surface area (Å²) < 4.78 is 1.95. The first kappa shape index (κ1) is 21.9. The topological polar surface area (TPSA) is 74.0 Å². The summed E-state index contributed by atoms with van der Waals surface area (Å²) in [5.74, 6) is 0.595. The van der Waals surface area contributed by atoms with Crippen LogP contribution in [0, 0.1) is 13.8 Å². The Morgan fingerprint density at radius 2 is 1.91 bits per heavy atom. The second kappa shape index (κ2) is 9.14. The van der Waals surface area contributed by atoms with Crippen molar-refractivity contribution in [2.75, 3.05) is 19.6 Å². The molecule has 4 heterocycles. The number of likely N-dealkylation sites (tertiary alicyclic amines) is 2. The van der Waals surface area contributed by atoms with Gasteiger partial charge in [0.05, 0.1) is 11.7 Å². The van der Waals surface area contributed by atoms with Crippen molar-refractivity contribution in [3.8, 4) is 5.75 Å². The maximum Gasteiger partial charge on any atom is 0.222 e. The van der Waals surface area contributed by atoms with Crippen molar-refractivity contribution in [3.63, 3.8) is 0 Å². The molecule has 2 fully saturated rings. The van der Waals surface area contributed by atoms with Crippen molar-refractivity contribution in [1.29, 1.82) is 0 Å². The molecular weight excluding hydrogens is 414 g/mol. The molecule has 1 atom stereocenters. The third kappa shape index (κ3) is 4.34. The van der Waals surface area contributed by atoms with E-state index in [0.717, 1.165) is 79.2 Å². The first-order chi connectivity index (χ1) is 16.0. The highest BCUT2D eigenvalue weighted by molar-refractivity contribution is 5.76. The highest BCUT2D eigenvalue weighted by Crippen LogP contribution is 2.34. The highest BCUT2D eigenvalue weighted by atomic mass is 16.3. The zero-order chi connectivity index (χ0) is 22.9. The second-order valence-corrected chi connectivity index (χ2v) is 9.45. The van der Waals surface area contributed by atoms with Crippen LogP contribution in [0.5, 0.6) is 5.75 Å². The van der Waals surface area contributed by atoms with Gasteiger partial charge in [0.15, 0.2) is 5.65 Å². The van der Waals surface area contributed by atoms with E-state index in [4.69, 9.17) is 10.1 Å². The van der Waals surface area contributed by atoms with Gasteiger partial charge in [-0.15, -0.1) is 0 Å². The third-order valence-corrected chi connectivity index (χ3v) is 7.30. The summed E-state index contributed by atoms with van der Waals surface area (Å²) >= 11 is 0. The smallest absolute Gasteiger partial charge is 0.222 e. The molecule has 0 bridgehead atoms. The van der Waals surface area contributed by atoms with Crippen LogP contribution in [0.3, 0.4) is 0 Å². The van der Waals surface area contributed by atoms with Gasteiger partial charge in [0.1, 0.15) is 5.75 Å². The Bertz CT molecular complexity index is 1160. The predicted octanol–water partition coefficient (Wildman–Crippen LogP) is 3.94. The van der Waals surface area contributed by atoms with Crippen molar-refractivity contribution >= 4 is 11.6 Å². The summed E-state index contributed by atoms with van der Waals surface area (Å²) in [5, 5.41) is 15.2. The maximum absolute atomic E-state index is 12.6. The van der Waals surface area contributed by atoms with Crippen molar-refractivity contribution < 1.29 is 9.90 Å². The van der Waals surface area contributed by atoms with Crippen molar-refractivity contribution in [1.82, 2.24) is 24.4 Å². The Kier molecular flexibility index (Phi) is 6.06. The molecule has 0 aliphatic carbocycles. The van der Waals surface area contributed by atoms with Crippen LogP contribution in [0.2, 0.25) is 0 Å². The molecule has 1 aromatic carbocycles. The van der Waals surface area contributed by atoms with Crippen LogP contribution in [0.25, 0.3) is 5.65 Å². The fourth-order valence-electron chi connectivity index (χ4n) is 5.44. The number of phenolic OH excluding ortho intramolecular Hbond substituents is 1. The molecule has 2 aliphatic rings. The molecule has 0 unspecified atom stereocenters. The van der Waals surface area contributed by atoms with Crippen LogP contribution in [0.4, 0.5) is 0 Å². The van der Waals surface area contributed by atoms with Gasteiger partial charge in [-0.3, -0.25) is 9.69 Å². The molecule has 2 saturated heterocycles. The third-order valence-electron chi connectivity index (χ3n) is 7.30. The van der Waals surface area contributed by atoms with Crippen LogP contribution < -0.4 is 0 Å². The lowest BCUT2D eigenvalue weighted by Crippen LogP contribution is -2.28. The number of para-hydroxylation sites is 1. The molecule has 0 saturated carbocycles. The number of aryl methyl sites for hydroxylation is 2. The van der Waals surface area contributed by atoms with Gasteiger partial charge in [0.25, 0.3) is 0 Å². The van der Waals surface area contributed by atoms with E-state index < -0.39 is 0 Å². The minimum Gasteiger partial charge on any atom is -0.508 e. The lowest BCUT2D eigenvalue weighted by molar-refractivity contribution is -0.130. The highest BCUT2D eigenvalue weighted by Gasteiger charge is 2.29. The van der Waals surface area contributed by atoms with E-state index in [2.05, 4.69) is 17.9 Å². The molecule has 2 aliphatic heterocycles. The van der Waals surface area contributed by atoms with Gasteiger partial charge in [-0.05, 0) is 64.1 Å². The van der Waals surface area contributed by atoms with Crippen LogP contribution in [-0.4, -0.2) is 55.0 Å². The number of amides is 1. The minimum absolute atomic E-state index is 0.214. The van der Waals surface area contributed by atoms with Crippen molar-refractivity contribution in [3.05, 3.63) is 58.5 Å². The van der Waals surface area contributed by atoms with Gasteiger partial charge in [-0.2, -0.15) is 5.10 Å². The lowest BCUT2D eigenvalue weighted by atomic mass is 10.1. The summed E-state index contributed by atoms with van der Waals surface area (Å²) in [6, 6.07) is 9.88. The molecule has 3 aromatic rings. The van der Waals surface area contributed by atoms with Crippen LogP contribution in [-0.2, 0) is 17.8 Å². The predicted molar refractivity (Wildman–Crippen MR) is 127 cm³/mol. The number of aromatic nitrogens is 3. The summed E-state index contributed by atoms with van der Waals surface area (Å²) in [6.45, 7) is 7.62. The van der Waals surface area contributed by atoms with Crippen LogP contribution in [0.15, 0.2) is 30.3 Å². The van der Waals surface area contributed by atoms with Gasteiger partial charge < -0.3 is 10.0 Å². The molecule has 7 heteroatoms. The lowest BCUT2D eigenvalue weighted by Gasteiger charge is -2.23. The number of carbonyl (C=O) groups excluding carboxylic acids is 1. The van der Waals surface area contributed by atoms with Gasteiger partial charge in [0, 0.05) is 49.1 Å².